The molecule has 0 aromatic carbocycles. The largest absolute Gasteiger partial charge is 0.508 e. The van der Waals surface area contributed by atoms with Crippen molar-refractivity contribution in [2.75, 3.05) is 6.54 Å². The van der Waals surface area contributed by atoms with Gasteiger partial charge in [-0.1, -0.05) is 0 Å². The lowest BCUT2D eigenvalue weighted by atomic mass is 10.3. The van der Waals surface area contributed by atoms with Crippen LogP contribution < -0.4 is 11.3 Å². The minimum absolute atomic E-state index is 0. The molecule has 5 heteroatoms. The van der Waals surface area contributed by atoms with Crippen molar-refractivity contribution in [1.82, 2.24) is 4.57 Å². The van der Waals surface area contributed by atoms with Gasteiger partial charge in [0.1, 0.15) is 5.75 Å². The Labute approximate surface area is 82.4 Å². The van der Waals surface area contributed by atoms with E-state index in [9.17, 15) is 4.79 Å². The molecule has 0 atom stereocenters. The summed E-state index contributed by atoms with van der Waals surface area (Å²) in [4.78, 5) is 11.2. The summed E-state index contributed by atoms with van der Waals surface area (Å²) < 4.78 is 1.53. The van der Waals surface area contributed by atoms with E-state index in [0.29, 0.717) is 13.1 Å². The second-order valence-corrected chi connectivity index (χ2v) is 2.63. The van der Waals surface area contributed by atoms with Gasteiger partial charge in [0.2, 0.25) is 0 Å². The van der Waals surface area contributed by atoms with Crippen LogP contribution in [0.1, 0.15) is 5.69 Å². The van der Waals surface area contributed by atoms with Crippen molar-refractivity contribution in [1.29, 1.82) is 0 Å². The van der Waals surface area contributed by atoms with Crippen LogP contribution in [0.2, 0.25) is 0 Å². The van der Waals surface area contributed by atoms with Crippen LogP contribution in [0.15, 0.2) is 16.9 Å². The number of hydrogen-bond donors (Lipinski definition) is 2. The number of hydrogen-bond acceptors (Lipinski definition) is 3. The van der Waals surface area contributed by atoms with Crippen molar-refractivity contribution in [3.05, 3.63) is 28.2 Å². The zero-order valence-electron chi connectivity index (χ0n) is 7.36. The fourth-order valence-corrected chi connectivity index (χ4v) is 1.13. The van der Waals surface area contributed by atoms with E-state index in [-0.39, 0.29) is 23.7 Å². The van der Waals surface area contributed by atoms with E-state index in [1.54, 1.807) is 6.92 Å². The predicted molar refractivity (Wildman–Crippen MR) is 53.4 cm³/mol. The summed E-state index contributed by atoms with van der Waals surface area (Å²) >= 11 is 0. The van der Waals surface area contributed by atoms with Crippen molar-refractivity contribution >= 4 is 12.4 Å². The average Bonchev–Trinajstić information content (AvgIpc) is 1.96. The van der Waals surface area contributed by atoms with Crippen LogP contribution in [0.4, 0.5) is 0 Å². The first-order chi connectivity index (χ1) is 5.65. The molecule has 0 aliphatic heterocycles. The Hall–Kier alpha value is -1.00. The first kappa shape index (κ1) is 12.0. The first-order valence-electron chi connectivity index (χ1n) is 3.75. The van der Waals surface area contributed by atoms with E-state index in [2.05, 4.69) is 0 Å². The average molecular weight is 205 g/mol. The van der Waals surface area contributed by atoms with E-state index in [1.165, 1.54) is 16.7 Å². The van der Waals surface area contributed by atoms with Gasteiger partial charge in [0.05, 0.1) is 0 Å². The Morgan fingerprint density at radius 1 is 1.54 bits per heavy atom. The second kappa shape index (κ2) is 4.89. The van der Waals surface area contributed by atoms with Gasteiger partial charge in [0.25, 0.3) is 5.56 Å². The molecule has 1 rings (SSSR count). The van der Waals surface area contributed by atoms with Crippen LogP contribution in [-0.4, -0.2) is 16.2 Å². The monoisotopic (exact) mass is 204 g/mol. The maximum Gasteiger partial charge on any atom is 0.254 e. The SMILES string of the molecule is Cc1cc(O)cc(=O)n1CCN.Cl. The van der Waals surface area contributed by atoms with Gasteiger partial charge in [0.15, 0.2) is 0 Å². The minimum atomic E-state index is -0.210. The predicted octanol–water partition coefficient (Wildman–Crippen LogP) is 0.243. The number of aromatic nitrogens is 1. The molecule has 3 N–H and O–H groups in total. The maximum absolute atomic E-state index is 11.2. The Morgan fingerprint density at radius 2 is 2.15 bits per heavy atom. The van der Waals surface area contributed by atoms with Gasteiger partial charge in [-0.2, -0.15) is 0 Å². The Morgan fingerprint density at radius 3 is 2.62 bits per heavy atom. The highest BCUT2D eigenvalue weighted by Gasteiger charge is 2.00. The van der Waals surface area contributed by atoms with Gasteiger partial charge >= 0.3 is 0 Å². The molecule has 74 valence electrons. The Balaban J connectivity index is 0.00000144. The standard InChI is InChI=1S/C8H12N2O2.ClH/c1-6-4-7(11)5-8(12)10(6)3-2-9;/h4-5,11H,2-3,9H2,1H3;1H. The molecule has 0 bridgehead atoms. The zero-order valence-corrected chi connectivity index (χ0v) is 8.17. The molecule has 1 aromatic heterocycles. The lowest BCUT2D eigenvalue weighted by Crippen LogP contribution is -2.24. The number of aryl methyl sites for hydroxylation is 1. The molecule has 4 nitrogen and oxygen atoms in total. The lowest BCUT2D eigenvalue weighted by molar-refractivity contribution is 0.469. The number of nitrogens with two attached hydrogens (primary N) is 1. The van der Waals surface area contributed by atoms with Crippen LogP contribution in [0.25, 0.3) is 0 Å². The summed E-state index contributed by atoms with van der Waals surface area (Å²) in [6, 6.07) is 2.72. The summed E-state index contributed by atoms with van der Waals surface area (Å²) in [5, 5.41) is 9.04. The van der Waals surface area contributed by atoms with Crippen molar-refractivity contribution in [2.45, 2.75) is 13.5 Å². The molecule has 0 fully saturated rings. The topological polar surface area (TPSA) is 68.2 Å². The van der Waals surface area contributed by atoms with Gasteiger partial charge in [-0.15, -0.1) is 12.4 Å². The summed E-state index contributed by atoms with van der Waals surface area (Å²) in [6.07, 6.45) is 0. The highest BCUT2D eigenvalue weighted by atomic mass is 35.5. The molecule has 0 saturated heterocycles. The summed E-state index contributed by atoms with van der Waals surface area (Å²) in [6.45, 7) is 2.67. The van der Waals surface area contributed by atoms with E-state index in [4.69, 9.17) is 10.8 Å². The highest BCUT2D eigenvalue weighted by molar-refractivity contribution is 5.85. The van der Waals surface area contributed by atoms with Gasteiger partial charge < -0.3 is 15.4 Å². The second-order valence-electron chi connectivity index (χ2n) is 2.63. The van der Waals surface area contributed by atoms with Crippen LogP contribution in [0, 0.1) is 6.92 Å². The van der Waals surface area contributed by atoms with Gasteiger partial charge in [-0.3, -0.25) is 4.79 Å². The fourth-order valence-electron chi connectivity index (χ4n) is 1.13. The Bertz CT molecular complexity index is 335. The maximum atomic E-state index is 11.2. The molecule has 0 unspecified atom stereocenters. The molecule has 1 heterocycles. The molecule has 1 aromatic rings. The molecule has 0 radical (unpaired) electrons. The molecule has 0 saturated carbocycles. The van der Waals surface area contributed by atoms with E-state index >= 15 is 0 Å². The quantitative estimate of drug-likeness (QED) is 0.726. The van der Waals surface area contributed by atoms with Crippen molar-refractivity contribution in [3.8, 4) is 5.75 Å². The van der Waals surface area contributed by atoms with Gasteiger partial charge in [-0.25, -0.2) is 0 Å². The van der Waals surface area contributed by atoms with Crippen LogP contribution in [0.5, 0.6) is 5.75 Å². The zero-order chi connectivity index (χ0) is 9.14. The van der Waals surface area contributed by atoms with Crippen molar-refractivity contribution < 1.29 is 5.11 Å². The van der Waals surface area contributed by atoms with Gasteiger partial charge in [-0.05, 0) is 13.0 Å². The van der Waals surface area contributed by atoms with E-state index in [0.717, 1.165) is 5.69 Å². The highest BCUT2D eigenvalue weighted by Crippen LogP contribution is 2.05. The fraction of sp³-hybridized carbons (Fsp3) is 0.375. The summed E-state index contributed by atoms with van der Waals surface area (Å²) in [5.74, 6) is 0.00534. The molecular weight excluding hydrogens is 192 g/mol. The Kier molecular flexibility index (Phi) is 4.51. The number of aromatic hydroxyl groups is 1. The third-order valence-corrected chi connectivity index (χ3v) is 1.67. The van der Waals surface area contributed by atoms with E-state index in [1.807, 2.05) is 0 Å². The van der Waals surface area contributed by atoms with Crippen LogP contribution in [0.3, 0.4) is 0 Å². The van der Waals surface area contributed by atoms with Crippen LogP contribution >= 0.6 is 12.4 Å². The number of pyridine rings is 1. The molecule has 0 aliphatic rings. The third kappa shape index (κ3) is 2.75. The molecule has 13 heavy (non-hydrogen) atoms. The lowest BCUT2D eigenvalue weighted by Gasteiger charge is -2.07. The van der Waals surface area contributed by atoms with Crippen LogP contribution in [-0.2, 0) is 6.54 Å². The van der Waals surface area contributed by atoms with Gasteiger partial charge in [0, 0.05) is 24.8 Å². The number of rotatable bonds is 2. The molecule has 0 amide bonds. The first-order valence-corrected chi connectivity index (χ1v) is 3.75. The van der Waals surface area contributed by atoms with Crippen molar-refractivity contribution in [2.24, 2.45) is 5.73 Å². The molecular formula is C8H13ClN2O2. The summed E-state index contributed by atoms with van der Waals surface area (Å²) in [5.41, 5.74) is 5.83. The van der Waals surface area contributed by atoms with E-state index < -0.39 is 0 Å². The minimum Gasteiger partial charge on any atom is -0.508 e. The summed E-state index contributed by atoms with van der Waals surface area (Å²) in [7, 11) is 0. The number of nitrogens with zero attached hydrogens (tertiary/aromatic N) is 1. The molecule has 0 aliphatic carbocycles. The smallest absolute Gasteiger partial charge is 0.254 e. The number of halogens is 1. The normalized spacial score (nSPS) is 9.38. The third-order valence-electron chi connectivity index (χ3n) is 1.67. The van der Waals surface area contributed by atoms with Crippen molar-refractivity contribution in [3.63, 3.8) is 0 Å². The molecule has 0 spiro atoms.